The highest BCUT2D eigenvalue weighted by Gasteiger charge is 2.17. The minimum atomic E-state index is 0.903. The molecule has 0 atom stereocenters. The average Bonchev–Trinajstić information content (AvgIpc) is 3.53. The van der Waals surface area contributed by atoms with E-state index in [1.54, 1.807) is 0 Å². The molecular weight excluding hydrogens is 571 g/mol. The van der Waals surface area contributed by atoms with Crippen LogP contribution in [-0.4, -0.2) is 4.98 Å². The Labute approximate surface area is 271 Å². The second-order valence-electron chi connectivity index (χ2n) is 12.4. The van der Waals surface area contributed by atoms with E-state index in [9.17, 15) is 0 Å². The normalized spacial score (nSPS) is 11.8. The van der Waals surface area contributed by atoms with Gasteiger partial charge in [-0.25, -0.2) is 4.98 Å². The number of benzene rings is 8. The summed E-state index contributed by atoms with van der Waals surface area (Å²) in [5.41, 5.74) is 9.63. The molecule has 2 heterocycles. The maximum Gasteiger partial charge on any atom is 0.144 e. The van der Waals surface area contributed by atoms with E-state index in [-0.39, 0.29) is 0 Å². The summed E-state index contributed by atoms with van der Waals surface area (Å²) in [5, 5.41) is 10.5. The van der Waals surface area contributed by atoms with Gasteiger partial charge >= 0.3 is 0 Å². The molecule has 0 amide bonds. The number of hydrogen-bond donors (Lipinski definition) is 0. The largest absolute Gasteiger partial charge is 0.455 e. The molecule has 0 aliphatic heterocycles. The van der Waals surface area contributed by atoms with Crippen molar-refractivity contribution in [1.29, 1.82) is 0 Å². The summed E-state index contributed by atoms with van der Waals surface area (Å²) in [4.78, 5) is 5.23. The van der Waals surface area contributed by atoms with Crippen LogP contribution in [0.4, 0.5) is 0 Å². The van der Waals surface area contributed by atoms with Crippen LogP contribution in [0, 0.1) is 0 Å². The predicted molar refractivity (Wildman–Crippen MR) is 198 cm³/mol. The summed E-state index contributed by atoms with van der Waals surface area (Å²) in [5.74, 6) is 0. The fraction of sp³-hybridized carbons (Fsp3) is 0. The van der Waals surface area contributed by atoms with Gasteiger partial charge in [-0.1, -0.05) is 121 Å². The summed E-state index contributed by atoms with van der Waals surface area (Å²) in [6.45, 7) is 0. The van der Waals surface area contributed by atoms with E-state index in [4.69, 9.17) is 9.40 Å². The quantitative estimate of drug-likeness (QED) is 0.189. The molecule has 47 heavy (non-hydrogen) atoms. The summed E-state index contributed by atoms with van der Waals surface area (Å²) in [6, 6.07) is 58.6. The number of fused-ring (bicyclic) bond motifs is 9. The number of pyridine rings is 1. The average molecular weight is 598 g/mol. The fourth-order valence-corrected chi connectivity index (χ4v) is 7.26. The molecule has 0 saturated heterocycles. The Balaban J connectivity index is 1.09. The number of nitrogens with zero attached hydrogens (tertiary/aromatic N) is 1. The van der Waals surface area contributed by atoms with Crippen LogP contribution < -0.4 is 0 Å². The molecule has 0 fully saturated rings. The summed E-state index contributed by atoms with van der Waals surface area (Å²) >= 11 is 0. The Bertz CT molecular complexity index is 2860. The summed E-state index contributed by atoms with van der Waals surface area (Å²) < 4.78 is 6.53. The van der Waals surface area contributed by atoms with Gasteiger partial charge in [-0.15, -0.1) is 0 Å². The molecule has 0 aliphatic rings. The molecule has 0 aliphatic carbocycles. The molecule has 10 aromatic rings. The number of para-hydroxylation sites is 2. The molecule has 2 heteroatoms. The third-order valence-electron chi connectivity index (χ3n) is 9.60. The Morgan fingerprint density at radius 2 is 0.936 bits per heavy atom. The molecular formula is C45H27NO. The lowest BCUT2D eigenvalue weighted by Gasteiger charge is -2.12. The smallest absolute Gasteiger partial charge is 0.144 e. The third kappa shape index (κ3) is 4.16. The Morgan fingerprint density at radius 3 is 1.72 bits per heavy atom. The summed E-state index contributed by atoms with van der Waals surface area (Å²) in [6.07, 6.45) is 0. The highest BCUT2D eigenvalue weighted by atomic mass is 16.3. The van der Waals surface area contributed by atoms with Gasteiger partial charge in [0.2, 0.25) is 0 Å². The van der Waals surface area contributed by atoms with Gasteiger partial charge in [0, 0.05) is 32.5 Å². The predicted octanol–water partition coefficient (Wildman–Crippen LogP) is 12.6. The van der Waals surface area contributed by atoms with Crippen molar-refractivity contribution in [2.45, 2.75) is 0 Å². The molecule has 2 aromatic heterocycles. The number of rotatable bonds is 3. The van der Waals surface area contributed by atoms with Crippen molar-refractivity contribution in [3.8, 4) is 33.5 Å². The molecule has 0 saturated carbocycles. The van der Waals surface area contributed by atoms with Crippen LogP contribution >= 0.6 is 0 Å². The van der Waals surface area contributed by atoms with Crippen LogP contribution in [0.5, 0.6) is 0 Å². The molecule has 0 bridgehead atoms. The zero-order valence-corrected chi connectivity index (χ0v) is 25.4. The van der Waals surface area contributed by atoms with Gasteiger partial charge in [0.15, 0.2) is 0 Å². The van der Waals surface area contributed by atoms with E-state index in [0.717, 1.165) is 60.4 Å². The van der Waals surface area contributed by atoms with E-state index < -0.39 is 0 Å². The minimum absolute atomic E-state index is 0.903. The Kier molecular flexibility index (Phi) is 5.61. The standard InChI is InChI=1S/C45H27NO/c1-2-9-29-24-32(17-16-28(29)8-1)34-21-20-33-25-31(18-19-35(33)26-34)30-10-7-11-36(27-30)44-40-23-22-38-37-12-4-6-15-42(37)47-45(38)43(40)39-13-3-5-14-41(39)46-44/h1-27H. The summed E-state index contributed by atoms with van der Waals surface area (Å²) in [7, 11) is 0. The Hall–Kier alpha value is -6.25. The highest BCUT2D eigenvalue weighted by Crippen LogP contribution is 2.41. The van der Waals surface area contributed by atoms with Crippen LogP contribution in [0.25, 0.3) is 98.7 Å². The zero-order valence-electron chi connectivity index (χ0n) is 25.4. The van der Waals surface area contributed by atoms with Gasteiger partial charge in [0.1, 0.15) is 11.2 Å². The maximum atomic E-state index is 6.53. The molecule has 0 N–H and O–H groups in total. The molecule has 0 spiro atoms. The highest BCUT2D eigenvalue weighted by molar-refractivity contribution is 6.24. The van der Waals surface area contributed by atoms with Crippen LogP contribution in [-0.2, 0) is 0 Å². The monoisotopic (exact) mass is 597 g/mol. The van der Waals surface area contributed by atoms with Crippen LogP contribution in [0.15, 0.2) is 168 Å². The Morgan fingerprint density at radius 1 is 0.362 bits per heavy atom. The van der Waals surface area contributed by atoms with E-state index in [1.807, 2.05) is 12.1 Å². The SMILES string of the molecule is c1cc(-c2ccc3cc(-c4ccc5ccccc5c4)ccc3c2)cc(-c2nc3ccccc3c3c2ccc2c4ccccc4oc23)c1. The van der Waals surface area contributed by atoms with Gasteiger partial charge in [0.05, 0.1) is 11.2 Å². The van der Waals surface area contributed by atoms with Crippen molar-refractivity contribution in [2.75, 3.05) is 0 Å². The second kappa shape index (κ2) is 10.1. The lowest BCUT2D eigenvalue weighted by atomic mass is 9.94. The molecule has 2 nitrogen and oxygen atoms in total. The van der Waals surface area contributed by atoms with Crippen molar-refractivity contribution in [3.05, 3.63) is 164 Å². The minimum Gasteiger partial charge on any atom is -0.455 e. The van der Waals surface area contributed by atoms with Gasteiger partial charge < -0.3 is 4.42 Å². The molecule has 0 radical (unpaired) electrons. The first-order valence-corrected chi connectivity index (χ1v) is 16.0. The lowest BCUT2D eigenvalue weighted by Crippen LogP contribution is -1.91. The van der Waals surface area contributed by atoms with Crippen molar-refractivity contribution >= 4 is 65.2 Å². The third-order valence-corrected chi connectivity index (χ3v) is 9.60. The van der Waals surface area contributed by atoms with Gasteiger partial charge in [-0.3, -0.25) is 0 Å². The van der Waals surface area contributed by atoms with E-state index >= 15 is 0 Å². The topological polar surface area (TPSA) is 26.0 Å². The number of furan rings is 1. The van der Waals surface area contributed by atoms with Crippen molar-refractivity contribution in [2.24, 2.45) is 0 Å². The first-order chi connectivity index (χ1) is 23.3. The second-order valence-corrected chi connectivity index (χ2v) is 12.4. The van der Waals surface area contributed by atoms with Crippen LogP contribution in [0.1, 0.15) is 0 Å². The molecule has 0 unspecified atom stereocenters. The molecule has 10 rings (SSSR count). The first-order valence-electron chi connectivity index (χ1n) is 16.0. The van der Waals surface area contributed by atoms with Crippen LogP contribution in [0.3, 0.4) is 0 Å². The molecule has 8 aromatic carbocycles. The van der Waals surface area contributed by atoms with E-state index in [0.29, 0.717) is 0 Å². The number of aromatic nitrogens is 1. The van der Waals surface area contributed by atoms with Gasteiger partial charge in [-0.05, 0) is 86.3 Å². The van der Waals surface area contributed by atoms with Gasteiger partial charge in [0.25, 0.3) is 0 Å². The molecule has 218 valence electrons. The zero-order chi connectivity index (χ0) is 30.9. The van der Waals surface area contributed by atoms with E-state index in [1.165, 1.54) is 38.2 Å². The van der Waals surface area contributed by atoms with Gasteiger partial charge in [-0.2, -0.15) is 0 Å². The van der Waals surface area contributed by atoms with Crippen LogP contribution in [0.2, 0.25) is 0 Å². The van der Waals surface area contributed by atoms with Crippen molar-refractivity contribution < 1.29 is 4.42 Å². The lowest BCUT2D eigenvalue weighted by molar-refractivity contribution is 0.673. The number of hydrogen-bond acceptors (Lipinski definition) is 2. The van der Waals surface area contributed by atoms with Crippen molar-refractivity contribution in [3.63, 3.8) is 0 Å². The van der Waals surface area contributed by atoms with Crippen molar-refractivity contribution in [1.82, 2.24) is 4.98 Å². The fourth-order valence-electron chi connectivity index (χ4n) is 7.26. The van der Waals surface area contributed by atoms with E-state index in [2.05, 4.69) is 152 Å². The maximum absolute atomic E-state index is 6.53. The first kappa shape index (κ1) is 26.0.